The van der Waals surface area contributed by atoms with Gasteiger partial charge in [0.05, 0.1) is 13.2 Å². The highest BCUT2D eigenvalue weighted by Crippen LogP contribution is 2.53. The van der Waals surface area contributed by atoms with E-state index < -0.39 is 5.60 Å². The number of nitrogens with zero attached hydrogens (tertiary/aromatic N) is 1. The molecule has 1 aromatic carbocycles. The fourth-order valence-corrected chi connectivity index (χ4v) is 4.25. The lowest BCUT2D eigenvalue weighted by atomic mass is 9.65. The average Bonchev–Trinajstić information content (AvgIpc) is 3.11. The van der Waals surface area contributed by atoms with Gasteiger partial charge in [0.1, 0.15) is 0 Å². The maximum absolute atomic E-state index is 11.8. The van der Waals surface area contributed by atoms with Crippen molar-refractivity contribution >= 4 is 0 Å². The first-order valence-corrected chi connectivity index (χ1v) is 9.93. The van der Waals surface area contributed by atoms with Crippen molar-refractivity contribution in [1.82, 2.24) is 4.90 Å². The molecule has 3 heteroatoms. The summed E-state index contributed by atoms with van der Waals surface area (Å²) in [4.78, 5) is 2.15. The zero-order valence-electron chi connectivity index (χ0n) is 16.9. The van der Waals surface area contributed by atoms with Crippen LogP contribution in [0.2, 0.25) is 0 Å². The quantitative estimate of drug-likeness (QED) is 0.758. The minimum absolute atomic E-state index is 0.0714. The van der Waals surface area contributed by atoms with Crippen LogP contribution in [0.5, 0.6) is 0 Å². The number of hydrogen-bond donors (Lipinski definition) is 2. The third-order valence-corrected chi connectivity index (χ3v) is 6.05. The standard InChI is InChI=1S/C23H35NO2/c1-5-22(14-9-10-15-22)23(26,20-12-7-6-8-13-20)16-11-17-24(18-19-25)21(2,3)4/h6-8,12-13,25-26H,5,9-10,14-15,17-19H2,1-4H3/t23-/m1/s1. The number of β-amino-alcohol motifs (C(OH)–C–C–N with tert-alkyl or cyclic N) is 1. The van der Waals surface area contributed by atoms with Crippen molar-refractivity contribution in [3.63, 3.8) is 0 Å². The Hall–Kier alpha value is -1.34. The van der Waals surface area contributed by atoms with Gasteiger partial charge in [-0.3, -0.25) is 4.90 Å². The number of hydrogen-bond acceptors (Lipinski definition) is 3. The molecule has 1 atom stereocenters. The molecule has 1 aliphatic carbocycles. The van der Waals surface area contributed by atoms with Crippen LogP contribution in [0.15, 0.2) is 30.3 Å². The summed E-state index contributed by atoms with van der Waals surface area (Å²) in [6, 6.07) is 9.94. The lowest BCUT2D eigenvalue weighted by molar-refractivity contribution is -0.0423. The maximum atomic E-state index is 11.8. The molecule has 0 unspecified atom stereocenters. The largest absolute Gasteiger partial charge is 0.395 e. The van der Waals surface area contributed by atoms with Gasteiger partial charge in [-0.1, -0.05) is 61.9 Å². The molecule has 1 fully saturated rings. The number of benzene rings is 1. The molecule has 0 amide bonds. The first-order chi connectivity index (χ1) is 12.3. The van der Waals surface area contributed by atoms with Crippen LogP contribution in [0, 0.1) is 17.3 Å². The Morgan fingerprint density at radius 1 is 1.12 bits per heavy atom. The summed E-state index contributed by atoms with van der Waals surface area (Å²) < 4.78 is 0. The van der Waals surface area contributed by atoms with Gasteiger partial charge >= 0.3 is 0 Å². The molecular formula is C23H35NO2. The summed E-state index contributed by atoms with van der Waals surface area (Å²) in [5.74, 6) is 6.56. The zero-order valence-corrected chi connectivity index (χ0v) is 16.9. The van der Waals surface area contributed by atoms with Crippen molar-refractivity contribution in [3.05, 3.63) is 35.9 Å². The van der Waals surface area contributed by atoms with Gasteiger partial charge in [-0.2, -0.15) is 0 Å². The van der Waals surface area contributed by atoms with Crippen molar-refractivity contribution in [2.75, 3.05) is 19.7 Å². The number of rotatable bonds is 6. The van der Waals surface area contributed by atoms with E-state index in [1.54, 1.807) is 0 Å². The van der Waals surface area contributed by atoms with E-state index in [0.717, 1.165) is 37.7 Å². The Morgan fingerprint density at radius 3 is 2.23 bits per heavy atom. The second kappa shape index (κ2) is 8.57. The van der Waals surface area contributed by atoms with Crippen LogP contribution < -0.4 is 0 Å². The van der Waals surface area contributed by atoms with Gasteiger partial charge in [0.25, 0.3) is 0 Å². The van der Waals surface area contributed by atoms with Crippen LogP contribution in [0.25, 0.3) is 0 Å². The van der Waals surface area contributed by atoms with Crippen LogP contribution in [0.1, 0.15) is 65.4 Å². The Bertz CT molecular complexity index is 617. The molecule has 1 saturated carbocycles. The third kappa shape index (κ3) is 4.31. The Balaban J connectivity index is 2.38. The monoisotopic (exact) mass is 357 g/mol. The van der Waals surface area contributed by atoms with Gasteiger partial charge < -0.3 is 10.2 Å². The van der Waals surface area contributed by atoms with Gasteiger partial charge in [0.2, 0.25) is 0 Å². The summed E-state index contributed by atoms with van der Waals surface area (Å²) in [6.07, 6.45) is 5.27. The van der Waals surface area contributed by atoms with Crippen LogP contribution >= 0.6 is 0 Å². The minimum Gasteiger partial charge on any atom is -0.395 e. The van der Waals surface area contributed by atoms with Gasteiger partial charge in [0, 0.05) is 17.5 Å². The molecule has 2 rings (SSSR count). The highest BCUT2D eigenvalue weighted by Gasteiger charge is 2.50. The average molecular weight is 358 g/mol. The van der Waals surface area contributed by atoms with Crippen LogP contribution in [-0.4, -0.2) is 40.3 Å². The molecule has 26 heavy (non-hydrogen) atoms. The van der Waals surface area contributed by atoms with E-state index in [9.17, 15) is 10.2 Å². The van der Waals surface area contributed by atoms with E-state index in [0.29, 0.717) is 13.1 Å². The van der Waals surface area contributed by atoms with Gasteiger partial charge in [-0.25, -0.2) is 0 Å². The fraction of sp³-hybridized carbons (Fsp3) is 0.652. The molecule has 144 valence electrons. The lowest BCUT2D eigenvalue weighted by Crippen LogP contribution is -2.44. The predicted molar refractivity (Wildman–Crippen MR) is 108 cm³/mol. The normalized spacial score (nSPS) is 19.0. The van der Waals surface area contributed by atoms with E-state index in [4.69, 9.17) is 0 Å². The molecule has 0 spiro atoms. The van der Waals surface area contributed by atoms with Crippen LogP contribution in [0.4, 0.5) is 0 Å². The van der Waals surface area contributed by atoms with Gasteiger partial charge in [-0.15, -0.1) is 0 Å². The van der Waals surface area contributed by atoms with Crippen molar-refractivity contribution < 1.29 is 10.2 Å². The first-order valence-electron chi connectivity index (χ1n) is 9.93. The zero-order chi connectivity index (χ0) is 19.3. The highest BCUT2D eigenvalue weighted by atomic mass is 16.3. The summed E-state index contributed by atoms with van der Waals surface area (Å²) in [6.45, 7) is 9.78. The molecule has 1 aromatic rings. The van der Waals surface area contributed by atoms with Crippen molar-refractivity contribution in [2.24, 2.45) is 5.41 Å². The fourth-order valence-electron chi connectivity index (χ4n) is 4.25. The lowest BCUT2D eigenvalue weighted by Gasteiger charge is -2.42. The summed E-state index contributed by atoms with van der Waals surface area (Å²) in [5, 5.41) is 21.2. The second-order valence-corrected chi connectivity index (χ2v) is 8.54. The van der Waals surface area contributed by atoms with Crippen LogP contribution in [-0.2, 0) is 5.60 Å². The molecule has 0 radical (unpaired) electrons. The third-order valence-electron chi connectivity index (χ3n) is 6.05. The Kier molecular flexibility index (Phi) is 6.91. The SMILES string of the molecule is CCC1([C@@](O)(C#CCN(CCO)C(C)(C)C)c2ccccc2)CCCC1. The highest BCUT2D eigenvalue weighted by molar-refractivity contribution is 5.36. The maximum Gasteiger partial charge on any atom is 0.156 e. The molecule has 0 aliphatic heterocycles. The van der Waals surface area contributed by atoms with E-state index in [1.807, 2.05) is 30.3 Å². The molecule has 0 heterocycles. The van der Waals surface area contributed by atoms with Crippen molar-refractivity contribution in [1.29, 1.82) is 0 Å². The molecule has 0 saturated heterocycles. The number of aliphatic hydroxyl groups is 2. The van der Waals surface area contributed by atoms with Crippen LogP contribution in [0.3, 0.4) is 0 Å². The molecule has 0 bridgehead atoms. The van der Waals surface area contributed by atoms with Gasteiger partial charge in [-0.05, 0) is 45.6 Å². The summed E-state index contributed by atoms with van der Waals surface area (Å²) in [5.41, 5.74) is -0.466. The smallest absolute Gasteiger partial charge is 0.156 e. The van der Waals surface area contributed by atoms with E-state index in [1.165, 1.54) is 0 Å². The molecule has 2 N–H and O–H groups in total. The predicted octanol–water partition coefficient (Wildman–Crippen LogP) is 3.94. The molecule has 0 aromatic heterocycles. The summed E-state index contributed by atoms with van der Waals surface area (Å²) in [7, 11) is 0. The van der Waals surface area contributed by atoms with E-state index >= 15 is 0 Å². The Morgan fingerprint density at radius 2 is 1.73 bits per heavy atom. The molecule has 1 aliphatic rings. The van der Waals surface area contributed by atoms with E-state index in [2.05, 4.69) is 44.4 Å². The van der Waals surface area contributed by atoms with Crippen molar-refractivity contribution in [2.45, 2.75) is 70.9 Å². The molecular weight excluding hydrogens is 322 g/mol. The van der Waals surface area contributed by atoms with E-state index in [-0.39, 0.29) is 17.6 Å². The second-order valence-electron chi connectivity index (χ2n) is 8.54. The minimum atomic E-state index is -1.12. The molecule has 3 nitrogen and oxygen atoms in total. The van der Waals surface area contributed by atoms with Gasteiger partial charge in [0.15, 0.2) is 5.60 Å². The summed E-state index contributed by atoms with van der Waals surface area (Å²) >= 11 is 0. The first kappa shape index (κ1) is 21.0. The topological polar surface area (TPSA) is 43.7 Å². The number of aliphatic hydroxyl groups excluding tert-OH is 1. The Labute approximate surface area is 159 Å². The van der Waals surface area contributed by atoms with Crippen molar-refractivity contribution in [3.8, 4) is 11.8 Å².